The molecule has 0 spiro atoms. The van der Waals surface area contributed by atoms with Crippen molar-refractivity contribution in [1.82, 2.24) is 4.72 Å². The summed E-state index contributed by atoms with van der Waals surface area (Å²) in [5.74, 6) is -0.0332. The quantitative estimate of drug-likeness (QED) is 0.111. The summed E-state index contributed by atoms with van der Waals surface area (Å²) >= 11 is 0. The number of benzene rings is 3. The largest absolute Gasteiger partial charge is 0.426 e. The van der Waals surface area contributed by atoms with E-state index in [2.05, 4.69) is 4.72 Å². The molecule has 1 aromatic heterocycles. The van der Waals surface area contributed by atoms with Crippen molar-refractivity contribution in [2.24, 2.45) is 0 Å². The lowest BCUT2D eigenvalue weighted by molar-refractivity contribution is -0.134. The Morgan fingerprint density at radius 2 is 1.59 bits per heavy atom. The average Bonchev–Trinajstić information content (AvgIpc) is 2.91. The van der Waals surface area contributed by atoms with Gasteiger partial charge in [-0.3, -0.25) is 4.79 Å². The molecule has 0 radical (unpaired) electrons. The van der Waals surface area contributed by atoms with E-state index in [-0.39, 0.29) is 11.3 Å². The van der Waals surface area contributed by atoms with Gasteiger partial charge in [0.15, 0.2) is 0 Å². The summed E-state index contributed by atoms with van der Waals surface area (Å²) in [6.45, 7) is 5.87. The highest BCUT2D eigenvalue weighted by Crippen LogP contribution is 2.30. The van der Waals surface area contributed by atoms with Crippen LogP contribution in [0.5, 0.6) is 5.75 Å². The predicted molar refractivity (Wildman–Crippen MR) is 152 cm³/mol. The summed E-state index contributed by atoms with van der Waals surface area (Å²) in [6, 6.07) is 20.0. The van der Waals surface area contributed by atoms with Gasteiger partial charge in [0.05, 0.1) is 4.90 Å². The number of carbonyl (C=O) groups excluding carboxylic acids is 1. The molecular weight excluding hydrogens is 514 g/mol. The predicted octanol–water partition coefficient (Wildman–Crippen LogP) is 5.75. The van der Waals surface area contributed by atoms with E-state index in [9.17, 15) is 18.0 Å². The van der Waals surface area contributed by atoms with Gasteiger partial charge in [0.1, 0.15) is 11.3 Å². The van der Waals surface area contributed by atoms with Gasteiger partial charge in [-0.1, -0.05) is 54.4 Å². The fourth-order valence-corrected chi connectivity index (χ4v) is 5.51. The van der Waals surface area contributed by atoms with E-state index < -0.39 is 21.6 Å². The van der Waals surface area contributed by atoms with Crippen LogP contribution in [0.4, 0.5) is 0 Å². The number of esters is 1. The van der Waals surface area contributed by atoms with E-state index in [0.717, 1.165) is 22.1 Å². The Kier molecular flexibility index (Phi) is 8.99. The third kappa shape index (κ3) is 7.02. The van der Waals surface area contributed by atoms with E-state index in [4.69, 9.17) is 9.15 Å². The van der Waals surface area contributed by atoms with Crippen molar-refractivity contribution in [2.45, 2.75) is 57.8 Å². The number of hydrogen-bond donors (Lipinski definition) is 1. The molecule has 4 rings (SSSR count). The number of ether oxygens (including phenoxy) is 1. The van der Waals surface area contributed by atoms with Gasteiger partial charge < -0.3 is 9.15 Å². The van der Waals surface area contributed by atoms with E-state index in [1.807, 2.05) is 50.2 Å². The van der Waals surface area contributed by atoms with Gasteiger partial charge in [-0.15, -0.1) is 0 Å². The molecule has 0 saturated heterocycles. The van der Waals surface area contributed by atoms with Gasteiger partial charge in [-0.05, 0) is 69.0 Å². The van der Waals surface area contributed by atoms with E-state index in [1.54, 1.807) is 37.3 Å². The molecule has 0 fully saturated rings. The third-order valence-electron chi connectivity index (χ3n) is 6.78. The van der Waals surface area contributed by atoms with Crippen LogP contribution in [-0.2, 0) is 21.2 Å². The Bertz CT molecular complexity index is 1620. The second-order valence-electron chi connectivity index (χ2n) is 9.72. The van der Waals surface area contributed by atoms with Crippen LogP contribution in [-0.4, -0.2) is 20.9 Å². The molecule has 0 saturated carbocycles. The van der Waals surface area contributed by atoms with E-state index >= 15 is 0 Å². The first kappa shape index (κ1) is 28.3. The van der Waals surface area contributed by atoms with E-state index in [0.29, 0.717) is 54.7 Å². The van der Waals surface area contributed by atoms with Crippen LogP contribution in [0.1, 0.15) is 53.5 Å². The number of sulfonamides is 1. The Labute approximate surface area is 228 Å². The first-order valence-corrected chi connectivity index (χ1v) is 14.5. The smallest absolute Gasteiger partial charge is 0.340 e. The summed E-state index contributed by atoms with van der Waals surface area (Å²) in [5, 5.41) is 0.811. The molecule has 1 N–H and O–H groups in total. The second kappa shape index (κ2) is 12.4. The SMILES string of the molecule is Cc1ccc(S(=O)(=O)NCCCCCC(=O)Oc2ccc3c(C)c(Cc4ccccc4)c(=O)oc3c2C)cc1. The summed E-state index contributed by atoms with van der Waals surface area (Å²) in [6.07, 6.45) is 2.51. The Balaban J connectivity index is 1.31. The first-order chi connectivity index (χ1) is 18.7. The minimum atomic E-state index is -3.54. The zero-order chi connectivity index (χ0) is 28.0. The summed E-state index contributed by atoms with van der Waals surface area (Å²) < 4.78 is 38.5. The molecule has 8 heteroatoms. The molecule has 0 amide bonds. The second-order valence-corrected chi connectivity index (χ2v) is 11.5. The first-order valence-electron chi connectivity index (χ1n) is 13.0. The van der Waals surface area contributed by atoms with Crippen molar-refractivity contribution >= 4 is 27.0 Å². The third-order valence-corrected chi connectivity index (χ3v) is 8.26. The van der Waals surface area contributed by atoms with Gasteiger partial charge in [0.2, 0.25) is 10.0 Å². The number of nitrogens with one attached hydrogen (secondary N) is 1. The minimum absolute atomic E-state index is 0.196. The number of aryl methyl sites for hydroxylation is 3. The lowest BCUT2D eigenvalue weighted by Crippen LogP contribution is -2.24. The maximum atomic E-state index is 12.8. The molecule has 7 nitrogen and oxygen atoms in total. The molecule has 0 aliphatic rings. The molecule has 0 bridgehead atoms. The fraction of sp³-hybridized carbons (Fsp3) is 0.290. The van der Waals surface area contributed by atoms with Gasteiger partial charge in [-0.2, -0.15) is 0 Å². The summed E-state index contributed by atoms with van der Waals surface area (Å²) in [4.78, 5) is 25.5. The highest BCUT2D eigenvalue weighted by molar-refractivity contribution is 7.89. The molecule has 0 atom stereocenters. The van der Waals surface area contributed by atoms with Crippen molar-refractivity contribution in [2.75, 3.05) is 6.54 Å². The van der Waals surface area contributed by atoms with Gasteiger partial charge in [0, 0.05) is 35.9 Å². The zero-order valence-electron chi connectivity index (χ0n) is 22.5. The van der Waals surface area contributed by atoms with Crippen molar-refractivity contribution in [3.63, 3.8) is 0 Å². The highest BCUT2D eigenvalue weighted by Gasteiger charge is 2.17. The van der Waals surface area contributed by atoms with Gasteiger partial charge >= 0.3 is 11.6 Å². The summed E-state index contributed by atoms with van der Waals surface area (Å²) in [7, 11) is -3.54. The van der Waals surface area contributed by atoms with Crippen LogP contribution in [0.25, 0.3) is 11.0 Å². The van der Waals surface area contributed by atoms with Crippen molar-refractivity contribution in [1.29, 1.82) is 0 Å². The van der Waals surface area contributed by atoms with Crippen LogP contribution in [0, 0.1) is 20.8 Å². The normalized spacial score (nSPS) is 11.6. The van der Waals surface area contributed by atoms with Crippen LogP contribution >= 0.6 is 0 Å². The Morgan fingerprint density at radius 3 is 2.31 bits per heavy atom. The van der Waals surface area contributed by atoms with E-state index in [1.165, 1.54) is 0 Å². The van der Waals surface area contributed by atoms with Crippen molar-refractivity contribution in [3.8, 4) is 5.75 Å². The van der Waals surface area contributed by atoms with Crippen LogP contribution in [0.2, 0.25) is 0 Å². The van der Waals surface area contributed by atoms with Crippen LogP contribution < -0.4 is 15.1 Å². The molecule has 0 unspecified atom stereocenters. The number of hydrogen-bond acceptors (Lipinski definition) is 6. The number of unbranched alkanes of at least 4 members (excludes halogenated alkanes) is 2. The lowest BCUT2D eigenvalue weighted by atomic mass is 9.98. The topological polar surface area (TPSA) is 103 Å². The Morgan fingerprint density at radius 1 is 0.872 bits per heavy atom. The molecular formula is C31H33NO6S. The molecule has 204 valence electrons. The standard InChI is InChI=1S/C31H33NO6S/c1-21-13-15-25(16-14-21)39(35,36)32-19-9-5-8-12-29(33)37-28-18-17-26-22(2)27(20-24-10-6-4-7-11-24)31(34)38-30(26)23(28)3/h4,6-7,10-11,13-18,32H,5,8-9,12,19-20H2,1-3H3. The number of fused-ring (bicyclic) bond motifs is 1. The van der Waals surface area contributed by atoms with Crippen molar-refractivity contribution < 1.29 is 22.4 Å². The van der Waals surface area contributed by atoms with Gasteiger partial charge in [-0.25, -0.2) is 17.9 Å². The van der Waals surface area contributed by atoms with Crippen LogP contribution in [0.15, 0.2) is 80.8 Å². The highest BCUT2D eigenvalue weighted by atomic mass is 32.2. The lowest BCUT2D eigenvalue weighted by Gasteiger charge is -2.12. The van der Waals surface area contributed by atoms with Crippen LogP contribution in [0.3, 0.4) is 0 Å². The average molecular weight is 548 g/mol. The molecule has 1 heterocycles. The monoisotopic (exact) mass is 547 g/mol. The maximum absolute atomic E-state index is 12.8. The molecule has 39 heavy (non-hydrogen) atoms. The van der Waals surface area contributed by atoms with Gasteiger partial charge in [0.25, 0.3) is 0 Å². The molecule has 3 aromatic carbocycles. The van der Waals surface area contributed by atoms with Crippen molar-refractivity contribution in [3.05, 3.63) is 105 Å². The fourth-order valence-electron chi connectivity index (χ4n) is 4.44. The minimum Gasteiger partial charge on any atom is -0.426 e. The Hall–Kier alpha value is -3.75. The maximum Gasteiger partial charge on any atom is 0.340 e. The number of rotatable bonds is 11. The number of carbonyl (C=O) groups is 1. The molecule has 4 aromatic rings. The molecule has 0 aliphatic heterocycles. The summed E-state index contributed by atoms with van der Waals surface area (Å²) in [5.41, 5.74) is 4.10. The zero-order valence-corrected chi connectivity index (χ0v) is 23.3. The molecule has 0 aliphatic carbocycles.